The molecule has 0 heterocycles. The minimum Gasteiger partial charge on any atom is -0.550 e. The summed E-state index contributed by atoms with van der Waals surface area (Å²) in [5.41, 5.74) is 0.325. The summed E-state index contributed by atoms with van der Waals surface area (Å²) in [5, 5.41) is 15.8. The highest BCUT2D eigenvalue weighted by Gasteiger charge is 2.20. The highest BCUT2D eigenvalue weighted by Crippen LogP contribution is 2.20. The fourth-order valence-corrected chi connectivity index (χ4v) is 2.59. The van der Waals surface area contributed by atoms with Gasteiger partial charge in [-0.05, 0) is 43.5 Å². The van der Waals surface area contributed by atoms with Crippen molar-refractivity contribution in [1.82, 2.24) is 5.32 Å². The Kier molecular flexibility index (Phi) is 5.44. The normalized spacial score (nSPS) is 12.6. The smallest absolute Gasteiger partial charge is 0.407 e. The molecule has 0 unspecified atom stereocenters. The van der Waals surface area contributed by atoms with Gasteiger partial charge >= 0.3 is 6.09 Å². The molecule has 2 rings (SSSR count). The van der Waals surface area contributed by atoms with Crippen molar-refractivity contribution in [3.63, 3.8) is 0 Å². The van der Waals surface area contributed by atoms with Crippen molar-refractivity contribution >= 4 is 22.8 Å². The molecule has 2 aromatic rings. The fourth-order valence-electron chi connectivity index (χ4n) is 2.59. The maximum Gasteiger partial charge on any atom is 0.407 e. The number of ether oxygens (including phenoxy) is 1. The van der Waals surface area contributed by atoms with Crippen LogP contribution in [0.4, 0.5) is 4.79 Å². The molecule has 24 heavy (non-hydrogen) atoms. The summed E-state index contributed by atoms with van der Waals surface area (Å²) in [6, 6.07) is 13.1. The molecule has 5 heteroatoms. The second kappa shape index (κ2) is 7.34. The largest absolute Gasteiger partial charge is 0.550 e. The molecule has 2 aromatic carbocycles. The van der Waals surface area contributed by atoms with E-state index in [1.54, 1.807) is 20.8 Å². The molecule has 0 aromatic heterocycles. The maximum atomic E-state index is 12.0. The van der Waals surface area contributed by atoms with E-state index in [0.717, 1.165) is 16.3 Å². The maximum absolute atomic E-state index is 12.0. The van der Waals surface area contributed by atoms with Gasteiger partial charge in [0.1, 0.15) is 5.60 Å². The van der Waals surface area contributed by atoms with Gasteiger partial charge in [0, 0.05) is 18.4 Å². The molecule has 0 fully saturated rings. The third-order valence-electron chi connectivity index (χ3n) is 3.48. The summed E-state index contributed by atoms with van der Waals surface area (Å²) in [5.74, 6) is -1.21. The summed E-state index contributed by atoms with van der Waals surface area (Å²) in [7, 11) is 0. The van der Waals surface area contributed by atoms with Crippen LogP contribution in [0.15, 0.2) is 42.5 Å². The second-order valence-electron chi connectivity index (χ2n) is 6.76. The molecule has 1 amide bonds. The molecule has 0 saturated heterocycles. The van der Waals surface area contributed by atoms with E-state index in [4.69, 9.17) is 4.74 Å². The number of carboxylic acids is 1. The summed E-state index contributed by atoms with van der Waals surface area (Å²) >= 11 is 0. The van der Waals surface area contributed by atoms with Crippen molar-refractivity contribution in [2.24, 2.45) is 0 Å². The van der Waals surface area contributed by atoms with Crippen LogP contribution in [0.1, 0.15) is 32.8 Å². The molecular formula is C19H22NO4-. The van der Waals surface area contributed by atoms with Crippen molar-refractivity contribution in [1.29, 1.82) is 0 Å². The van der Waals surface area contributed by atoms with E-state index in [1.807, 2.05) is 42.5 Å². The first-order valence-corrected chi connectivity index (χ1v) is 7.90. The van der Waals surface area contributed by atoms with Crippen LogP contribution in [0.5, 0.6) is 0 Å². The quantitative estimate of drug-likeness (QED) is 0.914. The number of benzene rings is 2. The highest BCUT2D eigenvalue weighted by molar-refractivity contribution is 5.85. The van der Waals surface area contributed by atoms with Gasteiger partial charge in [0.2, 0.25) is 0 Å². The lowest BCUT2D eigenvalue weighted by atomic mass is 9.97. The van der Waals surface area contributed by atoms with Crippen molar-refractivity contribution in [2.45, 2.75) is 45.3 Å². The van der Waals surface area contributed by atoms with Crippen LogP contribution >= 0.6 is 0 Å². The number of fused-ring (bicyclic) bond motifs is 1. The fraction of sp³-hybridized carbons (Fsp3) is 0.368. The van der Waals surface area contributed by atoms with E-state index in [1.165, 1.54) is 0 Å². The lowest BCUT2D eigenvalue weighted by Gasteiger charge is -2.24. The van der Waals surface area contributed by atoms with Crippen molar-refractivity contribution in [2.75, 3.05) is 0 Å². The standard InChI is InChI=1S/C19H23NO4/c1-19(2,3)24-18(23)20-15(12-17(21)22)11-14-9-6-8-13-7-4-5-10-16(13)14/h4-10,15H,11-12H2,1-3H3,(H,20,23)(H,21,22)/p-1/t15-/m0/s1. The summed E-state index contributed by atoms with van der Waals surface area (Å²) in [4.78, 5) is 23.0. The van der Waals surface area contributed by atoms with E-state index in [9.17, 15) is 14.7 Å². The Labute approximate surface area is 141 Å². The number of alkyl carbamates (subject to hydrolysis) is 1. The van der Waals surface area contributed by atoms with Crippen LogP contribution in [0.2, 0.25) is 0 Å². The van der Waals surface area contributed by atoms with Crippen LogP contribution in [-0.2, 0) is 16.0 Å². The number of carbonyl (C=O) groups excluding carboxylic acids is 2. The van der Waals surface area contributed by atoms with Gasteiger partial charge < -0.3 is 20.0 Å². The molecular weight excluding hydrogens is 306 g/mol. The zero-order valence-corrected chi connectivity index (χ0v) is 14.2. The third-order valence-corrected chi connectivity index (χ3v) is 3.48. The minimum atomic E-state index is -1.21. The van der Waals surface area contributed by atoms with Gasteiger partial charge in [-0.25, -0.2) is 4.79 Å². The van der Waals surface area contributed by atoms with Crippen molar-refractivity contribution < 1.29 is 19.4 Å². The van der Waals surface area contributed by atoms with E-state index in [2.05, 4.69) is 5.32 Å². The molecule has 0 radical (unpaired) electrons. The number of carbonyl (C=O) groups is 2. The second-order valence-corrected chi connectivity index (χ2v) is 6.76. The molecule has 5 nitrogen and oxygen atoms in total. The topological polar surface area (TPSA) is 78.5 Å². The monoisotopic (exact) mass is 328 g/mol. The van der Waals surface area contributed by atoms with E-state index in [0.29, 0.717) is 6.42 Å². The van der Waals surface area contributed by atoms with Gasteiger partial charge in [-0.1, -0.05) is 42.5 Å². The van der Waals surface area contributed by atoms with Crippen LogP contribution in [-0.4, -0.2) is 23.7 Å². The van der Waals surface area contributed by atoms with Gasteiger partial charge in [-0.15, -0.1) is 0 Å². The van der Waals surface area contributed by atoms with Gasteiger partial charge in [0.25, 0.3) is 0 Å². The Hall–Kier alpha value is -2.56. The molecule has 1 N–H and O–H groups in total. The SMILES string of the molecule is CC(C)(C)OC(=O)N[C@H](CC(=O)[O-])Cc1cccc2ccccc12. The molecule has 0 aliphatic heterocycles. The predicted octanol–water partition coefficient (Wildman–Crippen LogP) is 2.42. The predicted molar refractivity (Wildman–Crippen MR) is 90.4 cm³/mol. The Bertz CT molecular complexity index is 728. The zero-order chi connectivity index (χ0) is 17.7. The number of aliphatic carboxylic acids is 1. The Morgan fingerprint density at radius 3 is 2.46 bits per heavy atom. The van der Waals surface area contributed by atoms with Crippen LogP contribution in [0.25, 0.3) is 10.8 Å². The number of rotatable bonds is 5. The summed E-state index contributed by atoms with van der Waals surface area (Å²) in [6.45, 7) is 5.27. The van der Waals surface area contributed by atoms with Crippen molar-refractivity contribution in [3.8, 4) is 0 Å². The number of hydrogen-bond donors (Lipinski definition) is 1. The van der Waals surface area contributed by atoms with E-state index in [-0.39, 0.29) is 6.42 Å². The van der Waals surface area contributed by atoms with Gasteiger partial charge in [-0.2, -0.15) is 0 Å². The van der Waals surface area contributed by atoms with Gasteiger partial charge in [0.05, 0.1) is 0 Å². The lowest BCUT2D eigenvalue weighted by molar-refractivity contribution is -0.306. The minimum absolute atomic E-state index is 0.275. The molecule has 1 atom stereocenters. The van der Waals surface area contributed by atoms with Gasteiger partial charge in [-0.3, -0.25) is 0 Å². The lowest BCUT2D eigenvalue weighted by Crippen LogP contribution is -2.43. The molecule has 128 valence electrons. The Balaban J connectivity index is 2.19. The van der Waals surface area contributed by atoms with E-state index >= 15 is 0 Å². The van der Waals surface area contributed by atoms with Gasteiger partial charge in [0.15, 0.2) is 0 Å². The highest BCUT2D eigenvalue weighted by atomic mass is 16.6. The van der Waals surface area contributed by atoms with Crippen LogP contribution in [0, 0.1) is 0 Å². The first-order chi connectivity index (χ1) is 11.2. The average molecular weight is 328 g/mol. The Morgan fingerprint density at radius 1 is 1.12 bits per heavy atom. The molecule has 0 aliphatic rings. The number of hydrogen-bond acceptors (Lipinski definition) is 4. The van der Waals surface area contributed by atoms with E-state index < -0.39 is 23.7 Å². The van der Waals surface area contributed by atoms with Crippen molar-refractivity contribution in [3.05, 3.63) is 48.0 Å². The Morgan fingerprint density at radius 2 is 1.79 bits per heavy atom. The zero-order valence-electron chi connectivity index (χ0n) is 14.2. The van der Waals surface area contributed by atoms with Crippen LogP contribution in [0.3, 0.4) is 0 Å². The molecule has 0 spiro atoms. The first kappa shape index (κ1) is 17.8. The average Bonchev–Trinajstić information content (AvgIpc) is 2.44. The summed E-state index contributed by atoms with van der Waals surface area (Å²) < 4.78 is 5.21. The number of carboxylic acid groups (broad SMARTS) is 1. The summed E-state index contributed by atoms with van der Waals surface area (Å²) in [6.07, 6.45) is -0.522. The molecule has 0 aliphatic carbocycles. The first-order valence-electron chi connectivity index (χ1n) is 7.90. The number of amides is 1. The number of nitrogens with one attached hydrogen (secondary N) is 1. The van der Waals surface area contributed by atoms with Crippen LogP contribution < -0.4 is 10.4 Å². The molecule has 0 bridgehead atoms. The third kappa shape index (κ3) is 5.26. The molecule has 0 saturated carbocycles.